The highest BCUT2D eigenvalue weighted by molar-refractivity contribution is 7.22. The van der Waals surface area contributed by atoms with Gasteiger partial charge in [0.1, 0.15) is 11.3 Å². The van der Waals surface area contributed by atoms with Crippen LogP contribution in [0.4, 0.5) is 5.13 Å². The first-order valence-corrected chi connectivity index (χ1v) is 9.11. The number of benzene rings is 2. The number of hydrazine groups is 1. The quantitative estimate of drug-likeness (QED) is 0.563. The van der Waals surface area contributed by atoms with E-state index in [0.717, 1.165) is 4.70 Å². The van der Waals surface area contributed by atoms with Gasteiger partial charge in [0, 0.05) is 5.02 Å². The number of hydrogen-bond donors (Lipinski definition) is 2. The molecule has 0 bridgehead atoms. The van der Waals surface area contributed by atoms with Crippen LogP contribution in [0, 0.1) is 0 Å². The third-order valence-electron chi connectivity index (χ3n) is 3.23. The van der Waals surface area contributed by atoms with Crippen LogP contribution in [-0.2, 0) is 4.79 Å². The standard InChI is InChI=1S/C16H12Cl3N3O2S/c1-8(24-12-6-5-9(17)7-11(12)19)15(23)21-22-16-20-14-10(18)3-2-4-13(14)25-16/h2-8H,1H3,(H,20,22)(H,21,23)/t8-/m1/s1. The number of para-hydroxylation sites is 1. The largest absolute Gasteiger partial charge is 0.479 e. The van der Waals surface area contributed by atoms with Gasteiger partial charge < -0.3 is 4.74 Å². The highest BCUT2D eigenvalue weighted by Gasteiger charge is 2.17. The second-order valence-electron chi connectivity index (χ2n) is 5.05. The summed E-state index contributed by atoms with van der Waals surface area (Å²) in [5.41, 5.74) is 6.00. The number of fused-ring (bicyclic) bond motifs is 1. The van der Waals surface area contributed by atoms with Crippen molar-refractivity contribution in [2.75, 3.05) is 5.43 Å². The molecule has 3 rings (SSSR count). The van der Waals surface area contributed by atoms with Crippen LogP contribution >= 0.6 is 46.1 Å². The van der Waals surface area contributed by atoms with Crippen LogP contribution in [0.25, 0.3) is 10.2 Å². The molecule has 3 aromatic rings. The number of carbonyl (C=O) groups is 1. The van der Waals surface area contributed by atoms with Gasteiger partial charge in [-0.1, -0.05) is 52.2 Å². The second kappa shape index (κ2) is 7.66. The summed E-state index contributed by atoms with van der Waals surface area (Å²) in [5, 5.41) is 1.90. The van der Waals surface area contributed by atoms with Gasteiger partial charge >= 0.3 is 0 Å². The van der Waals surface area contributed by atoms with E-state index in [1.54, 1.807) is 31.2 Å². The third-order valence-corrected chi connectivity index (χ3v) is 5.00. The van der Waals surface area contributed by atoms with E-state index in [-0.39, 0.29) is 5.91 Å². The fraction of sp³-hybridized carbons (Fsp3) is 0.125. The summed E-state index contributed by atoms with van der Waals surface area (Å²) in [7, 11) is 0. The van der Waals surface area contributed by atoms with E-state index >= 15 is 0 Å². The smallest absolute Gasteiger partial charge is 0.279 e. The molecule has 0 aliphatic rings. The topological polar surface area (TPSA) is 63.2 Å². The lowest BCUT2D eigenvalue weighted by molar-refractivity contribution is -0.126. The first kappa shape index (κ1) is 18.1. The van der Waals surface area contributed by atoms with Crippen LogP contribution in [0.1, 0.15) is 6.92 Å². The summed E-state index contributed by atoms with van der Waals surface area (Å²) in [4.78, 5) is 16.5. The van der Waals surface area contributed by atoms with E-state index in [4.69, 9.17) is 39.5 Å². The molecule has 0 radical (unpaired) electrons. The molecule has 0 saturated carbocycles. The first-order chi connectivity index (χ1) is 11.9. The Morgan fingerprint density at radius 2 is 2.00 bits per heavy atom. The molecule has 2 aromatic carbocycles. The Morgan fingerprint density at radius 3 is 2.72 bits per heavy atom. The molecule has 1 atom stereocenters. The summed E-state index contributed by atoms with van der Waals surface area (Å²) < 4.78 is 6.47. The molecule has 1 heterocycles. The van der Waals surface area contributed by atoms with Gasteiger partial charge in [-0.3, -0.25) is 15.6 Å². The van der Waals surface area contributed by atoms with Gasteiger partial charge in [0.2, 0.25) is 5.13 Å². The van der Waals surface area contributed by atoms with Gasteiger partial charge in [0.15, 0.2) is 6.10 Å². The number of carbonyl (C=O) groups excluding carboxylic acids is 1. The Kier molecular flexibility index (Phi) is 5.54. The van der Waals surface area contributed by atoms with E-state index in [2.05, 4.69) is 15.8 Å². The minimum Gasteiger partial charge on any atom is -0.479 e. The zero-order chi connectivity index (χ0) is 18.0. The van der Waals surface area contributed by atoms with Gasteiger partial charge in [0.25, 0.3) is 5.91 Å². The predicted molar refractivity (Wildman–Crippen MR) is 103 cm³/mol. The minimum atomic E-state index is -0.774. The van der Waals surface area contributed by atoms with Crippen LogP contribution in [0.5, 0.6) is 5.75 Å². The fourth-order valence-corrected chi connectivity index (χ4v) is 3.57. The monoisotopic (exact) mass is 415 g/mol. The van der Waals surface area contributed by atoms with Crippen molar-refractivity contribution in [1.82, 2.24) is 10.4 Å². The molecule has 0 spiro atoms. The van der Waals surface area contributed by atoms with Crippen molar-refractivity contribution in [3.8, 4) is 5.75 Å². The average molecular weight is 417 g/mol. The van der Waals surface area contributed by atoms with E-state index in [1.165, 1.54) is 11.3 Å². The molecule has 1 aromatic heterocycles. The fourth-order valence-electron chi connectivity index (χ4n) is 2.00. The lowest BCUT2D eigenvalue weighted by Gasteiger charge is -2.15. The van der Waals surface area contributed by atoms with E-state index in [1.807, 2.05) is 12.1 Å². The molecule has 0 unspecified atom stereocenters. The molecule has 5 nitrogen and oxygen atoms in total. The van der Waals surface area contributed by atoms with E-state index < -0.39 is 6.10 Å². The van der Waals surface area contributed by atoms with Crippen LogP contribution < -0.4 is 15.6 Å². The van der Waals surface area contributed by atoms with Crippen LogP contribution in [0.15, 0.2) is 36.4 Å². The van der Waals surface area contributed by atoms with E-state index in [0.29, 0.717) is 31.5 Å². The lowest BCUT2D eigenvalue weighted by atomic mass is 10.3. The molecule has 25 heavy (non-hydrogen) atoms. The maximum Gasteiger partial charge on any atom is 0.279 e. The van der Waals surface area contributed by atoms with Crippen molar-refractivity contribution in [2.45, 2.75) is 13.0 Å². The predicted octanol–water partition coefficient (Wildman–Crippen LogP) is 5.17. The molecule has 0 saturated heterocycles. The van der Waals surface area contributed by atoms with Gasteiger partial charge in [0.05, 0.1) is 14.7 Å². The van der Waals surface area contributed by atoms with Gasteiger partial charge in [-0.2, -0.15) is 0 Å². The zero-order valence-electron chi connectivity index (χ0n) is 12.8. The molecule has 1 amide bonds. The highest BCUT2D eigenvalue weighted by atomic mass is 35.5. The molecular formula is C16H12Cl3N3O2S. The molecule has 0 fully saturated rings. The van der Waals surface area contributed by atoms with E-state index in [9.17, 15) is 4.79 Å². The number of halogens is 3. The third kappa shape index (κ3) is 4.27. The highest BCUT2D eigenvalue weighted by Crippen LogP contribution is 2.30. The SMILES string of the molecule is C[C@@H](Oc1ccc(Cl)cc1Cl)C(=O)NNc1nc2c(Cl)cccc2s1. The molecule has 2 N–H and O–H groups in total. The summed E-state index contributed by atoms with van der Waals surface area (Å²) in [6.45, 7) is 1.61. The van der Waals surface area contributed by atoms with Crippen molar-refractivity contribution in [1.29, 1.82) is 0 Å². The molecule has 0 aliphatic carbocycles. The maximum absolute atomic E-state index is 12.2. The maximum atomic E-state index is 12.2. The number of amides is 1. The zero-order valence-corrected chi connectivity index (χ0v) is 15.9. The Bertz CT molecular complexity index is 932. The second-order valence-corrected chi connectivity index (χ2v) is 7.34. The van der Waals surface area contributed by atoms with Crippen molar-refractivity contribution in [3.63, 3.8) is 0 Å². The Balaban J connectivity index is 1.62. The number of nitrogens with one attached hydrogen (secondary N) is 2. The summed E-state index contributed by atoms with van der Waals surface area (Å²) in [5.74, 6) is -0.00291. The van der Waals surface area contributed by atoms with Gasteiger partial charge in [-0.05, 0) is 37.3 Å². The molecular weight excluding hydrogens is 405 g/mol. The number of aromatic nitrogens is 1. The molecule has 0 aliphatic heterocycles. The summed E-state index contributed by atoms with van der Waals surface area (Å²) >= 11 is 19.3. The Morgan fingerprint density at radius 1 is 1.20 bits per heavy atom. The lowest BCUT2D eigenvalue weighted by Crippen LogP contribution is -2.39. The summed E-state index contributed by atoms with van der Waals surface area (Å²) in [6.07, 6.45) is -0.774. The number of ether oxygens (including phenoxy) is 1. The van der Waals surface area contributed by atoms with Crippen molar-refractivity contribution >= 4 is 67.4 Å². The summed E-state index contributed by atoms with van der Waals surface area (Å²) in [6, 6.07) is 10.3. The first-order valence-electron chi connectivity index (χ1n) is 7.16. The van der Waals surface area contributed by atoms with Crippen LogP contribution in [0.2, 0.25) is 15.1 Å². The van der Waals surface area contributed by atoms with Crippen molar-refractivity contribution in [3.05, 3.63) is 51.5 Å². The number of rotatable bonds is 5. The van der Waals surface area contributed by atoms with Gasteiger partial charge in [-0.25, -0.2) is 4.98 Å². The normalized spacial score (nSPS) is 12.0. The van der Waals surface area contributed by atoms with Crippen LogP contribution in [0.3, 0.4) is 0 Å². The Hall–Kier alpha value is -1.73. The Labute approximate surface area is 162 Å². The average Bonchev–Trinajstić information content (AvgIpc) is 2.99. The van der Waals surface area contributed by atoms with Gasteiger partial charge in [-0.15, -0.1) is 0 Å². The number of nitrogens with zero attached hydrogens (tertiary/aromatic N) is 1. The number of hydrogen-bond acceptors (Lipinski definition) is 5. The number of thiazole rings is 1. The molecule has 130 valence electrons. The minimum absolute atomic E-state index is 0.334. The number of anilines is 1. The van der Waals surface area contributed by atoms with Crippen LogP contribution in [-0.4, -0.2) is 17.0 Å². The van der Waals surface area contributed by atoms with Crippen molar-refractivity contribution in [2.24, 2.45) is 0 Å². The molecule has 9 heteroatoms. The van der Waals surface area contributed by atoms with Crippen molar-refractivity contribution < 1.29 is 9.53 Å².